The molecule has 0 radical (unpaired) electrons. The van der Waals surface area contributed by atoms with Crippen LogP contribution in [0.1, 0.15) is 18.4 Å². The van der Waals surface area contributed by atoms with Crippen LogP contribution >= 0.6 is 24.4 Å². The number of benzene rings is 1. The van der Waals surface area contributed by atoms with E-state index >= 15 is 0 Å². The molecule has 23 heavy (non-hydrogen) atoms. The van der Waals surface area contributed by atoms with E-state index in [1.807, 2.05) is 18.2 Å². The van der Waals surface area contributed by atoms with Gasteiger partial charge in [-0.3, -0.25) is 10.9 Å². The average molecular weight is 347 g/mol. The second-order valence-electron chi connectivity index (χ2n) is 6.10. The second kappa shape index (κ2) is 7.75. The van der Waals surface area contributed by atoms with Gasteiger partial charge in [-0.15, -0.1) is 0 Å². The Bertz CT molecular complexity index is 588. The minimum atomic E-state index is 0.450. The molecule has 0 spiro atoms. The molecule has 6 heteroatoms. The molecular formula is C17H22N4S2. The molecule has 1 aromatic carbocycles. The Morgan fingerprint density at radius 1 is 1.00 bits per heavy atom. The second-order valence-corrected chi connectivity index (χ2v) is 6.92. The molecule has 122 valence electrons. The van der Waals surface area contributed by atoms with Crippen LogP contribution in [0.25, 0.3) is 0 Å². The Kier molecular flexibility index (Phi) is 5.46. The fourth-order valence-corrected chi connectivity index (χ4v) is 3.63. The fourth-order valence-electron chi connectivity index (χ4n) is 3.27. The number of hydrogen-bond acceptors (Lipinski definition) is 2. The topological polar surface area (TPSA) is 48.1 Å². The maximum Gasteiger partial charge on any atom is 0.185 e. The Hall–Kier alpha value is -1.66. The lowest BCUT2D eigenvalue weighted by Crippen LogP contribution is -2.53. The zero-order valence-electron chi connectivity index (χ0n) is 12.9. The lowest BCUT2D eigenvalue weighted by Gasteiger charge is -2.22. The number of hydrogen-bond donors (Lipinski definition) is 4. The quantitative estimate of drug-likeness (QED) is 0.380. The number of allylic oxidation sites excluding steroid dienone is 1. The van der Waals surface area contributed by atoms with Crippen molar-refractivity contribution in [1.82, 2.24) is 21.5 Å². The highest BCUT2D eigenvalue weighted by Gasteiger charge is 2.35. The zero-order chi connectivity index (χ0) is 16.1. The van der Waals surface area contributed by atoms with Crippen LogP contribution < -0.4 is 21.5 Å². The van der Waals surface area contributed by atoms with Gasteiger partial charge in [0.15, 0.2) is 10.2 Å². The molecule has 3 atom stereocenters. The van der Waals surface area contributed by atoms with E-state index in [9.17, 15) is 0 Å². The summed E-state index contributed by atoms with van der Waals surface area (Å²) in [5.41, 5.74) is 7.18. The van der Waals surface area contributed by atoms with Crippen molar-refractivity contribution in [3.8, 4) is 0 Å². The highest BCUT2D eigenvalue weighted by Crippen LogP contribution is 2.38. The van der Waals surface area contributed by atoms with Crippen LogP contribution in [-0.2, 0) is 6.42 Å². The van der Waals surface area contributed by atoms with Crippen molar-refractivity contribution in [2.75, 3.05) is 6.54 Å². The van der Waals surface area contributed by atoms with Gasteiger partial charge in [0.25, 0.3) is 0 Å². The minimum absolute atomic E-state index is 0.450. The summed E-state index contributed by atoms with van der Waals surface area (Å²) in [4.78, 5) is 0. The number of fused-ring (bicyclic) bond motifs is 2. The Morgan fingerprint density at radius 3 is 2.48 bits per heavy atom. The van der Waals surface area contributed by atoms with Crippen LogP contribution in [-0.4, -0.2) is 22.8 Å². The fraction of sp³-hybridized carbons (Fsp3) is 0.412. The first-order valence-electron chi connectivity index (χ1n) is 8.03. The molecule has 0 unspecified atom stereocenters. The molecule has 4 nitrogen and oxygen atoms in total. The third-order valence-corrected chi connectivity index (χ3v) is 4.89. The van der Waals surface area contributed by atoms with Gasteiger partial charge in [0.05, 0.1) is 0 Å². The summed E-state index contributed by atoms with van der Waals surface area (Å²) in [5.74, 6) is 1.35. The highest BCUT2D eigenvalue weighted by atomic mass is 32.1. The molecule has 0 heterocycles. The van der Waals surface area contributed by atoms with Crippen LogP contribution in [0.5, 0.6) is 0 Å². The van der Waals surface area contributed by atoms with Crippen LogP contribution in [0.2, 0.25) is 0 Å². The number of rotatable bonds is 4. The van der Waals surface area contributed by atoms with E-state index in [1.54, 1.807) is 0 Å². The summed E-state index contributed by atoms with van der Waals surface area (Å²) in [5, 5.41) is 7.69. The molecule has 0 aromatic heterocycles. The van der Waals surface area contributed by atoms with Crippen LogP contribution in [0.15, 0.2) is 42.5 Å². The van der Waals surface area contributed by atoms with Gasteiger partial charge in [0.2, 0.25) is 0 Å². The minimum Gasteiger partial charge on any atom is -0.361 e. The molecule has 1 fully saturated rings. The normalized spacial score (nSPS) is 24.3. The number of thiocarbonyl (C=S) groups is 2. The standard InChI is InChI=1S/C17H22N4S2/c22-16(18-9-8-12-4-2-1-3-5-12)20-21-17(23)19-15-11-13-6-7-14(15)10-13/h1-7,13-15H,8-11H2,(H2,18,20,22)(H2,19,21,23)/t13-,14+,15-/m0/s1. The molecule has 1 aromatic rings. The Labute approximate surface area is 148 Å². The third kappa shape index (κ3) is 4.65. The predicted octanol–water partition coefficient (Wildman–Crippen LogP) is 2.04. The number of hydrazine groups is 1. The van der Waals surface area contributed by atoms with Crippen LogP contribution in [0.3, 0.4) is 0 Å². The third-order valence-electron chi connectivity index (χ3n) is 4.43. The van der Waals surface area contributed by atoms with E-state index in [2.05, 4.69) is 45.8 Å². The summed E-state index contributed by atoms with van der Waals surface area (Å²) in [6.45, 7) is 0.787. The lowest BCUT2D eigenvalue weighted by atomic mass is 10.0. The first-order valence-corrected chi connectivity index (χ1v) is 8.85. The maximum absolute atomic E-state index is 5.32. The van der Waals surface area contributed by atoms with Crippen molar-refractivity contribution in [3.63, 3.8) is 0 Å². The number of nitrogens with one attached hydrogen (secondary N) is 4. The monoisotopic (exact) mass is 346 g/mol. The molecule has 2 aliphatic carbocycles. The summed E-state index contributed by atoms with van der Waals surface area (Å²) < 4.78 is 0. The molecule has 3 rings (SSSR count). The summed E-state index contributed by atoms with van der Waals surface area (Å²) in [6.07, 6.45) is 7.99. The van der Waals surface area contributed by atoms with Gasteiger partial charge in [0, 0.05) is 12.6 Å². The molecule has 1 saturated carbocycles. The van der Waals surface area contributed by atoms with Crippen molar-refractivity contribution in [3.05, 3.63) is 48.0 Å². The van der Waals surface area contributed by atoms with E-state index < -0.39 is 0 Å². The van der Waals surface area contributed by atoms with Crippen molar-refractivity contribution < 1.29 is 0 Å². The Balaban J connectivity index is 1.29. The maximum atomic E-state index is 5.32. The zero-order valence-corrected chi connectivity index (χ0v) is 14.6. The molecule has 2 aliphatic rings. The highest BCUT2D eigenvalue weighted by molar-refractivity contribution is 7.80. The molecule has 0 aliphatic heterocycles. The van der Waals surface area contributed by atoms with Gasteiger partial charge < -0.3 is 10.6 Å². The van der Waals surface area contributed by atoms with Crippen molar-refractivity contribution in [2.45, 2.75) is 25.3 Å². The van der Waals surface area contributed by atoms with E-state index in [0.29, 0.717) is 22.2 Å². The summed E-state index contributed by atoms with van der Waals surface area (Å²) in [6, 6.07) is 10.8. The summed E-state index contributed by atoms with van der Waals surface area (Å²) in [7, 11) is 0. The van der Waals surface area contributed by atoms with Crippen molar-refractivity contribution in [1.29, 1.82) is 0 Å². The van der Waals surface area contributed by atoms with Crippen LogP contribution in [0, 0.1) is 11.8 Å². The molecule has 2 bridgehead atoms. The average Bonchev–Trinajstić information content (AvgIpc) is 3.17. The van der Waals surface area contributed by atoms with Gasteiger partial charge in [-0.05, 0) is 61.1 Å². The van der Waals surface area contributed by atoms with Crippen molar-refractivity contribution in [2.24, 2.45) is 11.8 Å². The molecular weight excluding hydrogens is 324 g/mol. The lowest BCUT2D eigenvalue weighted by molar-refractivity contribution is 0.518. The molecule has 0 amide bonds. The smallest absolute Gasteiger partial charge is 0.185 e. The van der Waals surface area contributed by atoms with E-state index in [-0.39, 0.29) is 0 Å². The first-order chi connectivity index (χ1) is 11.2. The first kappa shape index (κ1) is 16.2. The Morgan fingerprint density at radius 2 is 1.78 bits per heavy atom. The van der Waals surface area contributed by atoms with Crippen molar-refractivity contribution >= 4 is 34.7 Å². The molecule has 4 N–H and O–H groups in total. The molecule has 0 saturated heterocycles. The van der Waals surface area contributed by atoms with E-state index in [0.717, 1.165) is 18.9 Å². The predicted molar refractivity (Wildman–Crippen MR) is 102 cm³/mol. The van der Waals surface area contributed by atoms with Gasteiger partial charge in [-0.1, -0.05) is 42.5 Å². The van der Waals surface area contributed by atoms with E-state index in [1.165, 1.54) is 18.4 Å². The van der Waals surface area contributed by atoms with Crippen LogP contribution in [0.4, 0.5) is 0 Å². The van der Waals surface area contributed by atoms with Gasteiger partial charge in [0.1, 0.15) is 0 Å². The SMILES string of the molecule is S=C(NCCc1ccccc1)NNC(=S)N[C@H]1C[C@H]2C=C[C@@H]1C2. The van der Waals surface area contributed by atoms with Gasteiger partial charge >= 0.3 is 0 Å². The summed E-state index contributed by atoms with van der Waals surface area (Å²) >= 11 is 10.6. The van der Waals surface area contributed by atoms with E-state index in [4.69, 9.17) is 24.4 Å². The van der Waals surface area contributed by atoms with Gasteiger partial charge in [-0.25, -0.2) is 0 Å². The van der Waals surface area contributed by atoms with Gasteiger partial charge in [-0.2, -0.15) is 0 Å². The largest absolute Gasteiger partial charge is 0.361 e.